The predicted molar refractivity (Wildman–Crippen MR) is 54.7 cm³/mol. The van der Waals surface area contributed by atoms with Crippen LogP contribution in [0.5, 0.6) is 0 Å². The topological polar surface area (TPSA) is 82.1 Å². The number of aliphatic hydroxyl groups excluding tert-OH is 1. The second kappa shape index (κ2) is 9.11. The molecule has 1 atom stereocenters. The Morgan fingerprint density at radius 1 is 1.19 bits per heavy atom. The Hall–Kier alpha value is -1.14. The summed E-state index contributed by atoms with van der Waals surface area (Å²) < 4.78 is 14.4. The molecule has 0 amide bonds. The minimum atomic E-state index is -0.730. The summed E-state index contributed by atoms with van der Waals surface area (Å²) in [6.45, 7) is 3.22. The van der Waals surface area contributed by atoms with E-state index in [9.17, 15) is 9.59 Å². The number of esters is 2. The molecule has 1 N–H and O–H groups in total. The fraction of sp³-hybridized carbons (Fsp3) is 0.800. The summed E-state index contributed by atoms with van der Waals surface area (Å²) in [7, 11) is 0. The van der Waals surface area contributed by atoms with Gasteiger partial charge in [0.15, 0.2) is 6.10 Å². The van der Waals surface area contributed by atoms with E-state index in [0.717, 1.165) is 0 Å². The lowest BCUT2D eigenvalue weighted by molar-refractivity contribution is -0.158. The Morgan fingerprint density at radius 3 is 2.44 bits per heavy atom. The van der Waals surface area contributed by atoms with Gasteiger partial charge in [-0.25, -0.2) is 4.79 Å². The molecule has 0 radical (unpaired) electrons. The van der Waals surface area contributed by atoms with Crippen LogP contribution in [0.15, 0.2) is 0 Å². The van der Waals surface area contributed by atoms with Crippen molar-refractivity contribution < 1.29 is 28.9 Å². The highest BCUT2D eigenvalue weighted by Gasteiger charge is 2.14. The normalized spacial score (nSPS) is 11.9. The molecular formula is C10H18O6. The number of hydrogen-bond donors (Lipinski definition) is 1. The zero-order chi connectivity index (χ0) is 12.4. The second-order valence-electron chi connectivity index (χ2n) is 2.98. The third-order valence-electron chi connectivity index (χ3n) is 1.67. The first-order valence-corrected chi connectivity index (χ1v) is 5.16. The van der Waals surface area contributed by atoms with Crippen molar-refractivity contribution in [1.29, 1.82) is 0 Å². The van der Waals surface area contributed by atoms with Crippen LogP contribution in [-0.2, 0) is 23.8 Å². The van der Waals surface area contributed by atoms with Crippen LogP contribution in [0.1, 0.15) is 20.3 Å². The molecule has 6 heteroatoms. The molecule has 0 aromatic rings. The van der Waals surface area contributed by atoms with Crippen LogP contribution in [0.25, 0.3) is 0 Å². The first-order chi connectivity index (χ1) is 7.61. The molecule has 16 heavy (non-hydrogen) atoms. The lowest BCUT2D eigenvalue weighted by Gasteiger charge is -2.12. The molecule has 0 fully saturated rings. The lowest BCUT2D eigenvalue weighted by Crippen LogP contribution is -2.26. The van der Waals surface area contributed by atoms with Crippen LogP contribution in [0, 0.1) is 0 Å². The number of rotatable bonds is 8. The largest absolute Gasteiger partial charge is 0.463 e. The van der Waals surface area contributed by atoms with Crippen molar-refractivity contribution in [3.63, 3.8) is 0 Å². The van der Waals surface area contributed by atoms with Crippen molar-refractivity contribution in [2.75, 3.05) is 26.4 Å². The summed E-state index contributed by atoms with van der Waals surface area (Å²) in [5.41, 5.74) is 0. The number of carbonyl (C=O) groups excluding carboxylic acids is 2. The first-order valence-electron chi connectivity index (χ1n) is 5.16. The molecule has 0 bridgehead atoms. The van der Waals surface area contributed by atoms with Gasteiger partial charge in [-0.2, -0.15) is 0 Å². The molecule has 0 saturated carbocycles. The summed E-state index contributed by atoms with van der Waals surface area (Å²) in [6.07, 6.45) is -0.416. The third-order valence-corrected chi connectivity index (χ3v) is 1.67. The van der Waals surface area contributed by atoms with E-state index in [-0.39, 0.29) is 32.4 Å². The standard InChI is InChI=1S/C10H18O6/c1-3-9(12)15-7-6-14-8(2)10(13)16-5-4-11/h8,11H,3-7H2,1-2H3. The zero-order valence-electron chi connectivity index (χ0n) is 9.60. The highest BCUT2D eigenvalue weighted by molar-refractivity contribution is 5.74. The van der Waals surface area contributed by atoms with E-state index < -0.39 is 12.1 Å². The fourth-order valence-corrected chi connectivity index (χ4v) is 0.814. The Balaban J connectivity index is 3.52. The van der Waals surface area contributed by atoms with Crippen molar-refractivity contribution in [2.45, 2.75) is 26.4 Å². The number of aliphatic hydroxyl groups is 1. The molecule has 0 spiro atoms. The van der Waals surface area contributed by atoms with Crippen molar-refractivity contribution in [3.05, 3.63) is 0 Å². The maximum absolute atomic E-state index is 11.1. The average Bonchev–Trinajstić information content (AvgIpc) is 2.30. The number of ether oxygens (including phenoxy) is 3. The summed E-state index contributed by atoms with van der Waals surface area (Å²) in [5, 5.41) is 8.42. The monoisotopic (exact) mass is 234 g/mol. The zero-order valence-corrected chi connectivity index (χ0v) is 9.60. The van der Waals surface area contributed by atoms with E-state index in [4.69, 9.17) is 14.6 Å². The van der Waals surface area contributed by atoms with Crippen LogP contribution in [0.3, 0.4) is 0 Å². The summed E-state index contributed by atoms with van der Waals surface area (Å²) in [5.74, 6) is -0.852. The maximum atomic E-state index is 11.1. The Bertz CT molecular complexity index is 215. The van der Waals surface area contributed by atoms with Crippen LogP contribution >= 0.6 is 0 Å². The van der Waals surface area contributed by atoms with Crippen molar-refractivity contribution in [3.8, 4) is 0 Å². The van der Waals surface area contributed by atoms with E-state index in [1.54, 1.807) is 6.92 Å². The molecule has 94 valence electrons. The molecule has 0 aromatic heterocycles. The molecule has 0 heterocycles. The SMILES string of the molecule is CCC(=O)OCCOC(C)C(=O)OCCO. The van der Waals surface area contributed by atoms with Gasteiger partial charge in [-0.05, 0) is 6.92 Å². The summed E-state index contributed by atoms with van der Waals surface area (Å²) >= 11 is 0. The van der Waals surface area contributed by atoms with Gasteiger partial charge in [0.25, 0.3) is 0 Å². The number of hydrogen-bond acceptors (Lipinski definition) is 6. The quantitative estimate of drug-likeness (QED) is 0.466. The fourth-order valence-electron chi connectivity index (χ4n) is 0.814. The first kappa shape index (κ1) is 14.9. The molecule has 0 aromatic carbocycles. The van der Waals surface area contributed by atoms with Gasteiger partial charge in [0.05, 0.1) is 13.2 Å². The summed E-state index contributed by atoms with van der Waals surface area (Å²) in [6, 6.07) is 0. The van der Waals surface area contributed by atoms with Gasteiger partial charge in [0, 0.05) is 6.42 Å². The smallest absolute Gasteiger partial charge is 0.335 e. The Kier molecular flexibility index (Phi) is 8.46. The molecule has 0 aliphatic rings. The van der Waals surface area contributed by atoms with Gasteiger partial charge < -0.3 is 19.3 Å². The third kappa shape index (κ3) is 7.19. The molecular weight excluding hydrogens is 216 g/mol. The van der Waals surface area contributed by atoms with Gasteiger partial charge in [-0.15, -0.1) is 0 Å². The van der Waals surface area contributed by atoms with E-state index in [1.165, 1.54) is 6.92 Å². The molecule has 0 rings (SSSR count). The lowest BCUT2D eigenvalue weighted by atomic mass is 10.4. The van der Waals surface area contributed by atoms with Crippen LogP contribution in [0.4, 0.5) is 0 Å². The van der Waals surface area contributed by atoms with Gasteiger partial charge in [-0.3, -0.25) is 4.79 Å². The van der Waals surface area contributed by atoms with Gasteiger partial charge in [0.2, 0.25) is 0 Å². The highest BCUT2D eigenvalue weighted by Crippen LogP contribution is 1.95. The molecule has 0 aliphatic carbocycles. The van der Waals surface area contributed by atoms with Crippen LogP contribution < -0.4 is 0 Å². The van der Waals surface area contributed by atoms with E-state index >= 15 is 0 Å². The molecule has 0 saturated heterocycles. The van der Waals surface area contributed by atoms with Crippen molar-refractivity contribution >= 4 is 11.9 Å². The van der Waals surface area contributed by atoms with Gasteiger partial charge in [-0.1, -0.05) is 6.92 Å². The minimum Gasteiger partial charge on any atom is -0.463 e. The van der Waals surface area contributed by atoms with Crippen LogP contribution in [-0.4, -0.2) is 49.6 Å². The second-order valence-corrected chi connectivity index (χ2v) is 2.98. The van der Waals surface area contributed by atoms with E-state index in [0.29, 0.717) is 6.42 Å². The highest BCUT2D eigenvalue weighted by atomic mass is 16.6. The van der Waals surface area contributed by atoms with Gasteiger partial charge >= 0.3 is 11.9 Å². The maximum Gasteiger partial charge on any atom is 0.335 e. The molecule has 1 unspecified atom stereocenters. The van der Waals surface area contributed by atoms with E-state index in [2.05, 4.69) is 4.74 Å². The Labute approximate surface area is 94.5 Å². The minimum absolute atomic E-state index is 0.0443. The summed E-state index contributed by atoms with van der Waals surface area (Å²) in [4.78, 5) is 21.9. The van der Waals surface area contributed by atoms with Crippen molar-refractivity contribution in [1.82, 2.24) is 0 Å². The molecule has 6 nitrogen and oxygen atoms in total. The van der Waals surface area contributed by atoms with Gasteiger partial charge in [0.1, 0.15) is 13.2 Å². The van der Waals surface area contributed by atoms with Crippen LogP contribution in [0.2, 0.25) is 0 Å². The Morgan fingerprint density at radius 2 is 1.88 bits per heavy atom. The van der Waals surface area contributed by atoms with E-state index in [1.807, 2.05) is 0 Å². The average molecular weight is 234 g/mol. The predicted octanol–water partition coefficient (Wildman–Crippen LogP) is -0.120. The van der Waals surface area contributed by atoms with Crippen molar-refractivity contribution in [2.24, 2.45) is 0 Å². The molecule has 0 aliphatic heterocycles. The number of carbonyl (C=O) groups is 2.